The van der Waals surface area contributed by atoms with E-state index in [1.54, 1.807) is 0 Å². The lowest BCUT2D eigenvalue weighted by molar-refractivity contribution is 0.0993. The van der Waals surface area contributed by atoms with Gasteiger partial charge in [-0.25, -0.2) is 9.97 Å². The van der Waals surface area contributed by atoms with Crippen LogP contribution in [0.3, 0.4) is 0 Å². The Hall–Kier alpha value is -2.38. The first-order valence-corrected chi connectivity index (χ1v) is 3.46. The van der Waals surface area contributed by atoms with Gasteiger partial charge in [0.2, 0.25) is 0 Å². The van der Waals surface area contributed by atoms with Gasteiger partial charge in [0.05, 0.1) is 0 Å². The second-order valence-corrected chi connectivity index (χ2v) is 2.42. The molecule has 8 nitrogen and oxygen atoms in total. The number of primary amides is 2. The summed E-state index contributed by atoms with van der Waals surface area (Å²) in [4.78, 5) is 28.5. The molecule has 0 aliphatic carbocycles. The molecule has 2 amide bonds. The smallest absolute Gasteiger partial charge is 0.271 e. The molecule has 74 valence electrons. The van der Waals surface area contributed by atoms with Gasteiger partial charge in [0.25, 0.3) is 11.8 Å². The number of hydrogen-bond donors (Lipinski definition) is 4. The molecule has 1 rings (SSSR count). The number of anilines is 2. The average molecular weight is 196 g/mol. The van der Waals surface area contributed by atoms with E-state index in [0.717, 1.165) is 0 Å². The maximum Gasteiger partial charge on any atom is 0.271 e. The van der Waals surface area contributed by atoms with Crippen LogP contribution < -0.4 is 22.9 Å². The van der Waals surface area contributed by atoms with Crippen LogP contribution in [0.5, 0.6) is 0 Å². The van der Waals surface area contributed by atoms with Crippen LogP contribution in [-0.4, -0.2) is 21.8 Å². The highest BCUT2D eigenvalue weighted by molar-refractivity contribution is 5.99. The lowest BCUT2D eigenvalue weighted by Crippen LogP contribution is -2.23. The Morgan fingerprint density at radius 1 is 0.857 bits per heavy atom. The lowest BCUT2D eigenvalue weighted by Gasteiger charge is -2.04. The van der Waals surface area contributed by atoms with Crippen molar-refractivity contribution in [3.8, 4) is 0 Å². The molecule has 0 fully saturated rings. The zero-order valence-electron chi connectivity index (χ0n) is 7.02. The summed E-state index contributed by atoms with van der Waals surface area (Å²) in [6.45, 7) is 0. The summed E-state index contributed by atoms with van der Waals surface area (Å²) in [6, 6.07) is 0. The number of hydrogen-bond acceptors (Lipinski definition) is 6. The number of amides is 2. The van der Waals surface area contributed by atoms with Gasteiger partial charge in [-0.15, -0.1) is 0 Å². The number of rotatable bonds is 2. The van der Waals surface area contributed by atoms with Gasteiger partial charge in [0.15, 0.2) is 23.0 Å². The molecule has 0 aromatic carbocycles. The molecule has 1 heterocycles. The Morgan fingerprint density at radius 3 is 1.50 bits per heavy atom. The molecule has 0 saturated carbocycles. The van der Waals surface area contributed by atoms with E-state index in [1.807, 2.05) is 0 Å². The van der Waals surface area contributed by atoms with Crippen molar-refractivity contribution in [3.05, 3.63) is 11.4 Å². The second kappa shape index (κ2) is 3.17. The number of aromatic nitrogens is 2. The molecule has 0 saturated heterocycles. The molecule has 0 bridgehead atoms. The normalized spacial score (nSPS) is 9.71. The third-order valence-electron chi connectivity index (χ3n) is 1.42. The third-order valence-corrected chi connectivity index (χ3v) is 1.42. The Balaban J connectivity index is 3.42. The summed E-state index contributed by atoms with van der Waals surface area (Å²) in [7, 11) is 0. The quantitative estimate of drug-likeness (QED) is 0.420. The molecule has 0 spiro atoms. The summed E-state index contributed by atoms with van der Waals surface area (Å²) in [5.41, 5.74) is 19.8. The van der Waals surface area contributed by atoms with Gasteiger partial charge in [0, 0.05) is 0 Å². The zero-order valence-corrected chi connectivity index (χ0v) is 7.02. The van der Waals surface area contributed by atoms with Crippen molar-refractivity contribution in [1.82, 2.24) is 9.97 Å². The minimum atomic E-state index is -0.905. The number of nitrogens with two attached hydrogens (primary N) is 4. The van der Waals surface area contributed by atoms with E-state index in [1.165, 1.54) is 0 Å². The lowest BCUT2D eigenvalue weighted by atomic mass is 10.3. The maximum atomic E-state index is 10.8. The highest BCUT2D eigenvalue weighted by atomic mass is 16.1. The molecule has 1 aromatic heterocycles. The van der Waals surface area contributed by atoms with Crippen molar-refractivity contribution in [1.29, 1.82) is 0 Å². The minimum Gasteiger partial charge on any atom is -0.382 e. The molecule has 0 aliphatic rings. The van der Waals surface area contributed by atoms with Crippen LogP contribution >= 0.6 is 0 Å². The first-order valence-electron chi connectivity index (χ1n) is 3.46. The van der Waals surface area contributed by atoms with Crippen LogP contribution in [0.25, 0.3) is 0 Å². The van der Waals surface area contributed by atoms with Crippen LogP contribution in [0, 0.1) is 0 Å². The van der Waals surface area contributed by atoms with Crippen molar-refractivity contribution in [2.75, 3.05) is 11.5 Å². The molecule has 1 aromatic rings. The van der Waals surface area contributed by atoms with E-state index in [0.29, 0.717) is 0 Å². The standard InChI is InChI=1S/C6H8N6O2/c7-3-1(5(9)13)11-2(6(10)14)4(8)12-3/h(H2,9,13)(H2,10,14)(H4,7,8,12). The summed E-state index contributed by atoms with van der Waals surface area (Å²) < 4.78 is 0. The summed E-state index contributed by atoms with van der Waals surface area (Å²) >= 11 is 0. The molecule has 14 heavy (non-hydrogen) atoms. The van der Waals surface area contributed by atoms with E-state index in [4.69, 9.17) is 22.9 Å². The van der Waals surface area contributed by atoms with Gasteiger partial charge >= 0.3 is 0 Å². The highest BCUT2D eigenvalue weighted by Crippen LogP contribution is 2.11. The predicted octanol–water partition coefficient (Wildman–Crippen LogP) is -2.16. The number of nitrogens with zero attached hydrogens (tertiary/aromatic N) is 2. The molecule has 8 N–H and O–H groups in total. The van der Waals surface area contributed by atoms with Crippen molar-refractivity contribution in [3.63, 3.8) is 0 Å². The monoisotopic (exact) mass is 196 g/mol. The largest absolute Gasteiger partial charge is 0.382 e. The van der Waals surface area contributed by atoms with Crippen LogP contribution in [0.1, 0.15) is 21.0 Å². The Bertz CT molecular complexity index is 380. The second-order valence-electron chi connectivity index (χ2n) is 2.42. The highest BCUT2D eigenvalue weighted by Gasteiger charge is 2.16. The Morgan fingerprint density at radius 2 is 1.21 bits per heavy atom. The fourth-order valence-corrected chi connectivity index (χ4v) is 0.825. The first-order chi connectivity index (χ1) is 6.43. The molecule has 0 atom stereocenters. The Kier molecular flexibility index (Phi) is 2.19. The van der Waals surface area contributed by atoms with Crippen LogP contribution in [0.4, 0.5) is 11.6 Å². The predicted molar refractivity (Wildman–Crippen MR) is 47.9 cm³/mol. The van der Waals surface area contributed by atoms with Gasteiger partial charge in [0.1, 0.15) is 0 Å². The number of carbonyl (C=O) groups excluding carboxylic acids is 2. The van der Waals surface area contributed by atoms with Gasteiger partial charge in [-0.3, -0.25) is 9.59 Å². The molecular formula is C6H8N6O2. The van der Waals surface area contributed by atoms with Crippen LogP contribution in [-0.2, 0) is 0 Å². The van der Waals surface area contributed by atoms with E-state index >= 15 is 0 Å². The molecular weight excluding hydrogens is 188 g/mol. The molecule has 0 unspecified atom stereocenters. The van der Waals surface area contributed by atoms with Crippen molar-refractivity contribution in [2.45, 2.75) is 0 Å². The maximum absolute atomic E-state index is 10.8. The van der Waals surface area contributed by atoms with E-state index < -0.39 is 11.8 Å². The third kappa shape index (κ3) is 1.53. The average Bonchev–Trinajstić information content (AvgIpc) is 2.02. The topological polar surface area (TPSA) is 164 Å². The SMILES string of the molecule is NC(=O)c1nc(C(N)=O)c(N)nc1N. The minimum absolute atomic E-state index is 0.236. The van der Waals surface area contributed by atoms with E-state index in [2.05, 4.69) is 9.97 Å². The van der Waals surface area contributed by atoms with Gasteiger partial charge in [-0.1, -0.05) is 0 Å². The van der Waals surface area contributed by atoms with Crippen molar-refractivity contribution < 1.29 is 9.59 Å². The number of carbonyl (C=O) groups is 2. The Labute approximate surface area is 78.3 Å². The fraction of sp³-hybridized carbons (Fsp3) is 0. The van der Waals surface area contributed by atoms with Crippen molar-refractivity contribution in [2.24, 2.45) is 11.5 Å². The first kappa shape index (κ1) is 9.71. The molecule has 0 aliphatic heterocycles. The molecule has 8 heteroatoms. The van der Waals surface area contributed by atoms with Gasteiger partial charge in [-0.05, 0) is 0 Å². The van der Waals surface area contributed by atoms with Gasteiger partial charge < -0.3 is 22.9 Å². The fourth-order valence-electron chi connectivity index (χ4n) is 0.825. The van der Waals surface area contributed by atoms with Crippen molar-refractivity contribution >= 4 is 23.5 Å². The van der Waals surface area contributed by atoms with Crippen LogP contribution in [0.15, 0.2) is 0 Å². The summed E-state index contributed by atoms with van der Waals surface area (Å²) in [5.74, 6) is -2.28. The summed E-state index contributed by atoms with van der Waals surface area (Å²) in [6.07, 6.45) is 0. The zero-order chi connectivity index (χ0) is 10.9. The van der Waals surface area contributed by atoms with Crippen LogP contribution in [0.2, 0.25) is 0 Å². The van der Waals surface area contributed by atoms with E-state index in [-0.39, 0.29) is 23.0 Å². The van der Waals surface area contributed by atoms with Gasteiger partial charge in [-0.2, -0.15) is 0 Å². The van der Waals surface area contributed by atoms with E-state index in [9.17, 15) is 9.59 Å². The number of nitrogen functional groups attached to an aromatic ring is 2. The summed E-state index contributed by atoms with van der Waals surface area (Å²) in [5, 5.41) is 0. The molecule has 0 radical (unpaired) electrons.